The van der Waals surface area contributed by atoms with E-state index in [0.29, 0.717) is 24.5 Å². The summed E-state index contributed by atoms with van der Waals surface area (Å²) in [6.07, 6.45) is 0.0412. The smallest absolute Gasteiger partial charge is 0.255 e. The Kier molecular flexibility index (Phi) is 5.46. The lowest BCUT2D eigenvalue weighted by atomic mass is 10.1. The fraction of sp³-hybridized carbons (Fsp3) is 0.500. The molecule has 110 valence electrons. The summed E-state index contributed by atoms with van der Waals surface area (Å²) in [5.41, 5.74) is 0.617. The molecule has 1 aliphatic heterocycles. The van der Waals surface area contributed by atoms with Crippen molar-refractivity contribution in [2.45, 2.75) is 19.1 Å². The van der Waals surface area contributed by atoms with Gasteiger partial charge in [-0.2, -0.15) is 0 Å². The lowest BCUT2D eigenvalue weighted by molar-refractivity contribution is -0.0361. The van der Waals surface area contributed by atoms with E-state index in [1.54, 1.807) is 13.2 Å². The number of benzene rings is 1. The van der Waals surface area contributed by atoms with Crippen LogP contribution in [-0.2, 0) is 4.74 Å². The number of alkyl halides is 1. The van der Waals surface area contributed by atoms with Crippen LogP contribution in [0, 0.1) is 0 Å². The molecule has 0 bridgehead atoms. The molecule has 1 aromatic rings. The van der Waals surface area contributed by atoms with E-state index in [-0.39, 0.29) is 18.1 Å². The molecule has 1 aromatic carbocycles. The molecule has 0 radical (unpaired) electrons. The minimum absolute atomic E-state index is 0.00229. The van der Waals surface area contributed by atoms with E-state index >= 15 is 0 Å². The van der Waals surface area contributed by atoms with Crippen LogP contribution in [0.5, 0.6) is 5.75 Å². The van der Waals surface area contributed by atoms with Gasteiger partial charge in [0.2, 0.25) is 0 Å². The molecule has 2 rings (SSSR count). The maximum absolute atomic E-state index is 12.7. The van der Waals surface area contributed by atoms with E-state index in [9.17, 15) is 4.79 Å². The van der Waals surface area contributed by atoms with Gasteiger partial charge in [-0.3, -0.25) is 4.79 Å². The number of methoxy groups -OCH3 is 1. The number of morpholine rings is 1. The van der Waals surface area contributed by atoms with Crippen molar-refractivity contribution in [3.63, 3.8) is 0 Å². The highest BCUT2D eigenvalue weighted by Crippen LogP contribution is 2.26. The van der Waals surface area contributed by atoms with Crippen LogP contribution in [0.3, 0.4) is 0 Å². The predicted molar refractivity (Wildman–Crippen MR) is 84.7 cm³/mol. The molecule has 6 heteroatoms. The van der Waals surface area contributed by atoms with E-state index < -0.39 is 0 Å². The van der Waals surface area contributed by atoms with Crippen LogP contribution in [0.2, 0.25) is 0 Å². The molecular formula is C14H17Br2NO3. The molecule has 20 heavy (non-hydrogen) atoms. The van der Waals surface area contributed by atoms with Gasteiger partial charge in [0.25, 0.3) is 5.91 Å². The van der Waals surface area contributed by atoms with Crippen LogP contribution >= 0.6 is 31.9 Å². The van der Waals surface area contributed by atoms with Gasteiger partial charge in [-0.05, 0) is 41.1 Å². The lowest BCUT2D eigenvalue weighted by Crippen LogP contribution is -2.51. The standard InChI is InChI=1S/C14H17Br2NO3/c1-9-8-20-11(6-15)7-17(9)14(18)12-5-10(19-2)3-4-13(12)16/h3-5,9,11H,6-8H2,1-2H3. The molecule has 0 N–H and O–H groups in total. The first-order valence-electron chi connectivity index (χ1n) is 6.39. The zero-order chi connectivity index (χ0) is 14.7. The van der Waals surface area contributed by atoms with Crippen molar-refractivity contribution in [3.05, 3.63) is 28.2 Å². The van der Waals surface area contributed by atoms with Crippen molar-refractivity contribution in [3.8, 4) is 5.75 Å². The van der Waals surface area contributed by atoms with Gasteiger partial charge in [0.15, 0.2) is 0 Å². The van der Waals surface area contributed by atoms with Gasteiger partial charge >= 0.3 is 0 Å². The summed E-state index contributed by atoms with van der Waals surface area (Å²) >= 11 is 6.84. The van der Waals surface area contributed by atoms with Gasteiger partial charge in [0.05, 0.1) is 31.4 Å². The summed E-state index contributed by atoms with van der Waals surface area (Å²) in [5, 5.41) is 0.725. The first-order chi connectivity index (χ1) is 9.56. The molecule has 1 heterocycles. The van der Waals surface area contributed by atoms with E-state index in [1.807, 2.05) is 24.0 Å². The Morgan fingerprint density at radius 2 is 2.30 bits per heavy atom. The topological polar surface area (TPSA) is 38.8 Å². The van der Waals surface area contributed by atoms with Crippen LogP contribution in [0.4, 0.5) is 0 Å². The summed E-state index contributed by atoms with van der Waals surface area (Å²) in [4.78, 5) is 14.6. The first kappa shape index (κ1) is 15.8. The largest absolute Gasteiger partial charge is 0.497 e. The Balaban J connectivity index is 2.25. The van der Waals surface area contributed by atoms with Gasteiger partial charge in [-0.15, -0.1) is 0 Å². The van der Waals surface area contributed by atoms with Gasteiger partial charge in [0, 0.05) is 16.3 Å². The third kappa shape index (κ3) is 3.35. The summed E-state index contributed by atoms with van der Waals surface area (Å²) in [7, 11) is 1.59. The number of carbonyl (C=O) groups excluding carboxylic acids is 1. The number of amides is 1. The number of hydrogen-bond donors (Lipinski definition) is 0. The molecule has 2 unspecified atom stereocenters. The summed E-state index contributed by atoms with van der Waals surface area (Å²) in [6.45, 7) is 3.15. The lowest BCUT2D eigenvalue weighted by Gasteiger charge is -2.37. The summed E-state index contributed by atoms with van der Waals surface area (Å²) < 4.78 is 11.6. The fourth-order valence-corrected chi connectivity index (χ4v) is 2.95. The van der Waals surface area contributed by atoms with E-state index in [4.69, 9.17) is 9.47 Å². The monoisotopic (exact) mass is 405 g/mol. The van der Waals surface area contributed by atoms with Crippen LogP contribution < -0.4 is 4.74 Å². The summed E-state index contributed by atoms with van der Waals surface area (Å²) in [6, 6.07) is 5.48. The molecule has 0 spiro atoms. The van der Waals surface area contributed by atoms with Crippen molar-refractivity contribution < 1.29 is 14.3 Å². The molecule has 1 saturated heterocycles. The van der Waals surface area contributed by atoms with Crippen LogP contribution in [0.25, 0.3) is 0 Å². The highest BCUT2D eigenvalue weighted by Gasteiger charge is 2.30. The zero-order valence-corrected chi connectivity index (χ0v) is 14.6. The highest BCUT2D eigenvalue weighted by molar-refractivity contribution is 9.10. The third-order valence-electron chi connectivity index (χ3n) is 3.34. The van der Waals surface area contributed by atoms with Crippen molar-refractivity contribution in [2.75, 3.05) is 25.6 Å². The average molecular weight is 407 g/mol. The van der Waals surface area contributed by atoms with Crippen molar-refractivity contribution in [1.29, 1.82) is 0 Å². The van der Waals surface area contributed by atoms with Crippen molar-refractivity contribution in [2.24, 2.45) is 0 Å². The Labute approximate surface area is 135 Å². The van der Waals surface area contributed by atoms with Gasteiger partial charge in [0.1, 0.15) is 5.75 Å². The average Bonchev–Trinajstić information content (AvgIpc) is 2.47. The Morgan fingerprint density at radius 3 is 2.95 bits per heavy atom. The molecule has 1 fully saturated rings. The van der Waals surface area contributed by atoms with E-state index in [2.05, 4.69) is 31.9 Å². The predicted octanol–water partition coefficient (Wildman–Crippen LogP) is 3.08. The normalized spacial score (nSPS) is 22.7. The van der Waals surface area contributed by atoms with E-state index in [0.717, 1.165) is 9.80 Å². The van der Waals surface area contributed by atoms with Gasteiger partial charge < -0.3 is 14.4 Å². The van der Waals surface area contributed by atoms with Crippen LogP contribution in [-0.4, -0.2) is 48.5 Å². The molecule has 2 atom stereocenters. The van der Waals surface area contributed by atoms with Crippen LogP contribution in [0.1, 0.15) is 17.3 Å². The quantitative estimate of drug-likeness (QED) is 0.724. The highest BCUT2D eigenvalue weighted by atomic mass is 79.9. The molecule has 1 aliphatic rings. The van der Waals surface area contributed by atoms with E-state index in [1.165, 1.54) is 0 Å². The van der Waals surface area contributed by atoms with Gasteiger partial charge in [-0.25, -0.2) is 0 Å². The number of halogens is 2. The SMILES string of the molecule is COc1ccc(Br)c(C(=O)N2CC(CBr)OCC2C)c1. The molecule has 0 saturated carbocycles. The van der Waals surface area contributed by atoms with Crippen molar-refractivity contribution in [1.82, 2.24) is 4.90 Å². The second kappa shape index (κ2) is 6.91. The number of nitrogens with zero attached hydrogens (tertiary/aromatic N) is 1. The Morgan fingerprint density at radius 1 is 1.55 bits per heavy atom. The number of rotatable bonds is 3. The maximum Gasteiger partial charge on any atom is 0.255 e. The zero-order valence-electron chi connectivity index (χ0n) is 11.4. The number of ether oxygens (including phenoxy) is 2. The first-order valence-corrected chi connectivity index (χ1v) is 8.30. The molecule has 4 nitrogen and oxygen atoms in total. The third-order valence-corrected chi connectivity index (χ3v) is 4.76. The molecular weight excluding hydrogens is 390 g/mol. The Bertz CT molecular complexity index is 495. The Hall–Kier alpha value is -0.590. The van der Waals surface area contributed by atoms with Crippen molar-refractivity contribution >= 4 is 37.8 Å². The fourth-order valence-electron chi connectivity index (χ4n) is 2.14. The molecule has 1 amide bonds. The number of hydrogen-bond acceptors (Lipinski definition) is 3. The number of carbonyl (C=O) groups is 1. The van der Waals surface area contributed by atoms with Crippen LogP contribution in [0.15, 0.2) is 22.7 Å². The summed E-state index contributed by atoms with van der Waals surface area (Å²) in [5.74, 6) is 0.673. The minimum Gasteiger partial charge on any atom is -0.497 e. The molecule has 0 aromatic heterocycles. The maximum atomic E-state index is 12.7. The van der Waals surface area contributed by atoms with Gasteiger partial charge in [-0.1, -0.05) is 15.9 Å². The minimum atomic E-state index is -0.00229. The second-order valence-electron chi connectivity index (χ2n) is 4.76. The molecule has 0 aliphatic carbocycles. The second-order valence-corrected chi connectivity index (χ2v) is 6.26.